The zero-order valence-electron chi connectivity index (χ0n) is 25.9. The predicted octanol–water partition coefficient (Wildman–Crippen LogP) is 4.61. The SMILES string of the molecule is CCCCN1C(=O)[C@@H](CC2(O)CCCCC2)NC(=O)C12CCN(Cc1ccc(C(=O)Nc3ccc(C(=O)O)cc3)cc1)CC2.Cl. The highest BCUT2D eigenvalue weighted by molar-refractivity contribution is 6.04. The molecule has 244 valence electrons. The van der Waals surface area contributed by atoms with Gasteiger partial charge in [-0.2, -0.15) is 0 Å². The second-order valence-electron chi connectivity index (χ2n) is 12.7. The third kappa shape index (κ3) is 7.85. The van der Waals surface area contributed by atoms with E-state index < -0.39 is 23.2 Å². The summed E-state index contributed by atoms with van der Waals surface area (Å²) in [7, 11) is 0. The van der Waals surface area contributed by atoms with E-state index in [1.165, 1.54) is 12.1 Å². The number of unbranched alkanes of at least 4 members (excludes halogenated alkanes) is 1. The summed E-state index contributed by atoms with van der Waals surface area (Å²) in [6.07, 6.45) is 7.48. The first-order valence-electron chi connectivity index (χ1n) is 15.9. The molecule has 3 amide bonds. The van der Waals surface area contributed by atoms with E-state index in [9.17, 15) is 24.3 Å². The molecule has 3 aliphatic rings. The summed E-state index contributed by atoms with van der Waals surface area (Å²) in [5, 5.41) is 26.0. The smallest absolute Gasteiger partial charge is 0.335 e. The topological polar surface area (TPSA) is 139 Å². The summed E-state index contributed by atoms with van der Waals surface area (Å²) >= 11 is 0. The number of carboxylic acid groups (broad SMARTS) is 1. The maximum atomic E-state index is 13.8. The molecule has 2 saturated heterocycles. The van der Waals surface area contributed by atoms with Gasteiger partial charge in [0.2, 0.25) is 11.8 Å². The molecule has 11 heteroatoms. The number of hydrogen-bond donors (Lipinski definition) is 4. The van der Waals surface area contributed by atoms with Gasteiger partial charge in [0.1, 0.15) is 11.6 Å². The number of carboxylic acids is 1. The van der Waals surface area contributed by atoms with Gasteiger partial charge in [-0.25, -0.2) is 4.79 Å². The lowest BCUT2D eigenvalue weighted by Gasteiger charge is -2.52. The van der Waals surface area contributed by atoms with E-state index in [-0.39, 0.29) is 42.1 Å². The molecule has 5 rings (SSSR count). The van der Waals surface area contributed by atoms with Crippen molar-refractivity contribution in [3.8, 4) is 0 Å². The van der Waals surface area contributed by atoms with Gasteiger partial charge in [0, 0.05) is 43.9 Å². The molecule has 0 bridgehead atoms. The maximum absolute atomic E-state index is 13.8. The number of aliphatic hydroxyl groups is 1. The number of carbonyl (C=O) groups excluding carboxylic acids is 3. The fourth-order valence-electron chi connectivity index (χ4n) is 6.95. The van der Waals surface area contributed by atoms with E-state index in [1.54, 1.807) is 24.3 Å². The number of rotatable bonds is 10. The molecule has 1 spiro atoms. The van der Waals surface area contributed by atoms with Crippen LogP contribution in [-0.4, -0.2) is 80.5 Å². The highest BCUT2D eigenvalue weighted by atomic mass is 35.5. The third-order valence-electron chi connectivity index (χ3n) is 9.61. The Balaban J connectivity index is 0.00000461. The maximum Gasteiger partial charge on any atom is 0.335 e. The Bertz CT molecular complexity index is 1350. The van der Waals surface area contributed by atoms with Crippen LogP contribution in [0.3, 0.4) is 0 Å². The van der Waals surface area contributed by atoms with E-state index in [1.807, 2.05) is 17.0 Å². The minimum Gasteiger partial charge on any atom is -0.478 e. The molecule has 1 aliphatic carbocycles. The van der Waals surface area contributed by atoms with Gasteiger partial charge < -0.3 is 25.7 Å². The predicted molar refractivity (Wildman–Crippen MR) is 173 cm³/mol. The Labute approximate surface area is 271 Å². The number of aromatic carboxylic acids is 1. The van der Waals surface area contributed by atoms with E-state index in [2.05, 4.69) is 22.5 Å². The van der Waals surface area contributed by atoms with Gasteiger partial charge in [-0.1, -0.05) is 44.7 Å². The zero-order chi connectivity index (χ0) is 31.3. The summed E-state index contributed by atoms with van der Waals surface area (Å²) in [5.41, 5.74) is 0.444. The summed E-state index contributed by atoms with van der Waals surface area (Å²) < 4.78 is 0. The average Bonchev–Trinajstić information content (AvgIpc) is 3.02. The van der Waals surface area contributed by atoms with E-state index in [4.69, 9.17) is 5.11 Å². The number of piperidine rings is 1. The lowest BCUT2D eigenvalue weighted by atomic mass is 9.77. The number of nitrogens with zero attached hydrogens (tertiary/aromatic N) is 2. The summed E-state index contributed by atoms with van der Waals surface area (Å²) in [6.45, 7) is 4.61. The van der Waals surface area contributed by atoms with Crippen LogP contribution in [-0.2, 0) is 16.1 Å². The van der Waals surface area contributed by atoms with Crippen molar-refractivity contribution in [1.82, 2.24) is 15.1 Å². The van der Waals surface area contributed by atoms with E-state index in [0.717, 1.165) is 37.7 Å². The zero-order valence-corrected chi connectivity index (χ0v) is 26.7. The van der Waals surface area contributed by atoms with Crippen LogP contribution in [0.5, 0.6) is 0 Å². The Morgan fingerprint density at radius 2 is 1.56 bits per heavy atom. The Morgan fingerprint density at radius 1 is 0.933 bits per heavy atom. The molecule has 1 atom stereocenters. The van der Waals surface area contributed by atoms with E-state index in [0.29, 0.717) is 63.1 Å². The first kappa shape index (κ1) is 34.4. The van der Waals surface area contributed by atoms with Crippen LogP contribution >= 0.6 is 12.4 Å². The largest absolute Gasteiger partial charge is 0.478 e. The number of benzene rings is 2. The van der Waals surface area contributed by atoms with Crippen LogP contribution in [0.15, 0.2) is 48.5 Å². The van der Waals surface area contributed by atoms with Crippen molar-refractivity contribution in [3.63, 3.8) is 0 Å². The van der Waals surface area contributed by atoms with Crippen LogP contribution in [0.25, 0.3) is 0 Å². The molecule has 3 fully saturated rings. The molecule has 2 aromatic rings. The van der Waals surface area contributed by atoms with Gasteiger partial charge in [0.05, 0.1) is 11.2 Å². The number of carbonyl (C=O) groups is 4. The number of anilines is 1. The second kappa shape index (κ2) is 14.7. The highest BCUT2D eigenvalue weighted by Gasteiger charge is 2.54. The lowest BCUT2D eigenvalue weighted by Crippen LogP contribution is -2.73. The summed E-state index contributed by atoms with van der Waals surface area (Å²) in [4.78, 5) is 55.4. The van der Waals surface area contributed by atoms with E-state index >= 15 is 0 Å². The van der Waals surface area contributed by atoms with Crippen molar-refractivity contribution in [2.24, 2.45) is 0 Å². The van der Waals surface area contributed by atoms with Crippen molar-refractivity contribution < 1.29 is 29.4 Å². The first-order valence-corrected chi connectivity index (χ1v) is 15.9. The second-order valence-corrected chi connectivity index (χ2v) is 12.7. The van der Waals surface area contributed by atoms with Crippen LogP contribution in [0.2, 0.25) is 0 Å². The molecule has 45 heavy (non-hydrogen) atoms. The minimum absolute atomic E-state index is 0. The number of likely N-dealkylation sites (tertiary alicyclic amines) is 1. The van der Waals surface area contributed by atoms with Gasteiger partial charge in [0.15, 0.2) is 0 Å². The monoisotopic (exact) mass is 640 g/mol. The molecule has 10 nitrogen and oxygen atoms in total. The van der Waals surface area contributed by atoms with Crippen molar-refractivity contribution in [1.29, 1.82) is 0 Å². The number of hydrogen-bond acceptors (Lipinski definition) is 6. The van der Waals surface area contributed by atoms with Gasteiger partial charge in [0.25, 0.3) is 5.91 Å². The van der Waals surface area contributed by atoms with Crippen LogP contribution < -0.4 is 10.6 Å². The van der Waals surface area contributed by atoms with Crippen LogP contribution in [0.4, 0.5) is 5.69 Å². The Morgan fingerprint density at radius 3 is 2.16 bits per heavy atom. The Hall–Kier alpha value is -3.47. The van der Waals surface area contributed by atoms with Crippen molar-refractivity contribution in [3.05, 3.63) is 65.2 Å². The fraction of sp³-hybridized carbons (Fsp3) is 0.529. The highest BCUT2D eigenvalue weighted by Crippen LogP contribution is 2.37. The average molecular weight is 641 g/mol. The summed E-state index contributed by atoms with van der Waals surface area (Å²) in [5.74, 6) is -1.46. The fourth-order valence-corrected chi connectivity index (χ4v) is 6.95. The molecule has 0 unspecified atom stereocenters. The minimum atomic E-state index is -1.02. The standard InChI is InChI=1S/C34H44N4O6.ClH/c1-2-3-19-38-30(40)28(22-33(44)15-5-4-6-16-33)36-32(43)34(38)17-20-37(21-18-34)23-24-7-9-25(10-8-24)29(39)35-27-13-11-26(12-14-27)31(41)42;/h7-14,28,44H,2-6,15-23H2,1H3,(H,35,39)(H,36,43)(H,41,42);1H/t28-;/m1./s1. The Kier molecular flexibility index (Phi) is 11.3. The molecule has 2 heterocycles. The van der Waals surface area contributed by atoms with Gasteiger partial charge >= 0.3 is 5.97 Å². The normalized spacial score (nSPS) is 21.1. The van der Waals surface area contributed by atoms with Crippen molar-refractivity contribution in [2.45, 2.75) is 94.9 Å². The van der Waals surface area contributed by atoms with Crippen LogP contribution in [0, 0.1) is 0 Å². The first-order chi connectivity index (χ1) is 21.1. The molecular formula is C34H45ClN4O6. The number of nitrogens with one attached hydrogen (secondary N) is 2. The number of piperazine rings is 1. The van der Waals surface area contributed by atoms with Gasteiger partial charge in [-0.3, -0.25) is 19.3 Å². The van der Waals surface area contributed by atoms with Crippen LogP contribution in [0.1, 0.15) is 97.4 Å². The molecule has 0 radical (unpaired) electrons. The van der Waals surface area contributed by atoms with Crippen molar-refractivity contribution >= 4 is 41.8 Å². The molecule has 2 aliphatic heterocycles. The van der Waals surface area contributed by atoms with Crippen molar-refractivity contribution in [2.75, 3.05) is 25.0 Å². The number of halogens is 1. The molecule has 4 N–H and O–H groups in total. The third-order valence-corrected chi connectivity index (χ3v) is 9.61. The molecular weight excluding hydrogens is 596 g/mol. The van der Waals surface area contributed by atoms with Gasteiger partial charge in [-0.15, -0.1) is 12.4 Å². The molecule has 0 aromatic heterocycles. The van der Waals surface area contributed by atoms with Gasteiger partial charge in [-0.05, 0) is 74.1 Å². The lowest BCUT2D eigenvalue weighted by molar-refractivity contribution is -0.163. The summed E-state index contributed by atoms with van der Waals surface area (Å²) in [6, 6.07) is 12.7. The number of amides is 3. The quantitative estimate of drug-likeness (QED) is 0.298. The molecule has 2 aromatic carbocycles. The molecule has 1 saturated carbocycles.